The third kappa shape index (κ3) is 13.0. The van der Waals surface area contributed by atoms with E-state index >= 15 is 0 Å². The van der Waals surface area contributed by atoms with Gasteiger partial charge in [0, 0.05) is 26.2 Å². The van der Waals surface area contributed by atoms with Crippen LogP contribution in [0.1, 0.15) is 39.2 Å². The molecule has 1 aromatic carbocycles. The average molecular weight is 551 g/mol. The maximum absolute atomic E-state index is 5.84. The van der Waals surface area contributed by atoms with Crippen LogP contribution in [0, 0.1) is 0 Å². The second-order valence-electron chi connectivity index (χ2n) is 7.34. The van der Waals surface area contributed by atoms with Crippen LogP contribution in [0.4, 0.5) is 0 Å². The van der Waals surface area contributed by atoms with E-state index in [4.69, 9.17) is 19.2 Å². The number of methoxy groups -OCH3 is 1. The fourth-order valence-corrected chi connectivity index (χ4v) is 3.04. The van der Waals surface area contributed by atoms with Gasteiger partial charge in [-0.25, -0.2) is 0 Å². The van der Waals surface area contributed by atoms with Gasteiger partial charge in [0.1, 0.15) is 0 Å². The number of aliphatic imine (C=N–C) groups is 1. The summed E-state index contributed by atoms with van der Waals surface area (Å²) in [4.78, 5) is 6.91. The van der Waals surface area contributed by atoms with Crippen LogP contribution in [0.5, 0.6) is 11.5 Å². The Balaban J connectivity index is 0.00000900. The fourth-order valence-electron chi connectivity index (χ4n) is 3.04. The molecule has 31 heavy (non-hydrogen) atoms. The zero-order valence-corrected chi connectivity index (χ0v) is 22.5. The van der Waals surface area contributed by atoms with Gasteiger partial charge < -0.3 is 29.7 Å². The van der Waals surface area contributed by atoms with Crippen LogP contribution in [0.15, 0.2) is 23.2 Å². The van der Waals surface area contributed by atoms with Crippen molar-refractivity contribution in [2.75, 3.05) is 60.6 Å². The molecule has 1 atom stereocenters. The quantitative estimate of drug-likeness (QED) is 0.151. The molecule has 2 N–H and O–H groups in total. The summed E-state index contributed by atoms with van der Waals surface area (Å²) in [6.07, 6.45) is 3.08. The third-order valence-electron chi connectivity index (χ3n) is 4.56. The average Bonchev–Trinajstić information content (AvgIpc) is 2.73. The molecule has 0 aliphatic rings. The summed E-state index contributed by atoms with van der Waals surface area (Å²) in [6.45, 7) is 10.8. The molecule has 1 aromatic rings. The molecule has 8 heteroatoms. The van der Waals surface area contributed by atoms with E-state index in [1.54, 1.807) is 7.11 Å². The Morgan fingerprint density at radius 1 is 1.10 bits per heavy atom. The Kier molecular flexibility index (Phi) is 17.6. The Hall–Kier alpha value is -1.26. The number of benzene rings is 1. The minimum Gasteiger partial charge on any atom is -0.493 e. The number of ether oxygens (including phenoxy) is 3. The van der Waals surface area contributed by atoms with Crippen LogP contribution in [0.3, 0.4) is 0 Å². The summed E-state index contributed by atoms with van der Waals surface area (Å²) < 4.78 is 16.9. The smallest absolute Gasteiger partial charge is 0.191 e. The molecule has 1 rings (SSSR count). The molecule has 180 valence electrons. The molecule has 0 saturated carbocycles. The van der Waals surface area contributed by atoms with Crippen molar-refractivity contribution in [3.63, 3.8) is 0 Å². The summed E-state index contributed by atoms with van der Waals surface area (Å²) in [7, 11) is 5.83. The minimum atomic E-state index is 0. The highest BCUT2D eigenvalue weighted by Gasteiger charge is 2.09. The second-order valence-corrected chi connectivity index (χ2v) is 7.34. The van der Waals surface area contributed by atoms with Gasteiger partial charge in [-0.2, -0.15) is 0 Å². The molecular formula is C23H43IN4O3. The minimum absolute atomic E-state index is 0. The molecule has 1 unspecified atom stereocenters. The Morgan fingerprint density at radius 3 is 2.48 bits per heavy atom. The standard InChI is InChI=1S/C23H42N4O3.HI/c1-7-24-23(26-18-20(29-8-2)14-16-27(4)5)25-15-10-11-19-12-13-21(28-6)22(17-19)30-9-3;/h12-13,17,20H,7-11,14-16,18H2,1-6H3,(H2,24,25,26);1H. The zero-order chi connectivity index (χ0) is 22.2. The van der Waals surface area contributed by atoms with Crippen LogP contribution >= 0.6 is 24.0 Å². The van der Waals surface area contributed by atoms with Crippen molar-refractivity contribution in [3.8, 4) is 11.5 Å². The molecule has 0 aliphatic heterocycles. The van der Waals surface area contributed by atoms with Gasteiger partial charge in [-0.05, 0) is 71.8 Å². The summed E-state index contributed by atoms with van der Waals surface area (Å²) in [5.74, 6) is 2.43. The highest BCUT2D eigenvalue weighted by atomic mass is 127. The predicted octanol–water partition coefficient (Wildman–Crippen LogP) is 3.56. The first kappa shape index (κ1) is 29.7. The Bertz CT molecular complexity index is 614. The number of nitrogens with zero attached hydrogens (tertiary/aromatic N) is 2. The van der Waals surface area contributed by atoms with Gasteiger partial charge in [-0.15, -0.1) is 24.0 Å². The van der Waals surface area contributed by atoms with E-state index in [1.807, 2.05) is 19.9 Å². The lowest BCUT2D eigenvalue weighted by Crippen LogP contribution is -2.38. The van der Waals surface area contributed by atoms with Crippen molar-refractivity contribution < 1.29 is 14.2 Å². The predicted molar refractivity (Wildman–Crippen MR) is 140 cm³/mol. The van der Waals surface area contributed by atoms with Crippen LogP contribution < -0.4 is 20.1 Å². The van der Waals surface area contributed by atoms with Crippen molar-refractivity contribution in [1.82, 2.24) is 15.5 Å². The van der Waals surface area contributed by atoms with Crippen LogP contribution in [-0.2, 0) is 11.2 Å². The van der Waals surface area contributed by atoms with E-state index in [-0.39, 0.29) is 30.1 Å². The van der Waals surface area contributed by atoms with Gasteiger partial charge in [-0.3, -0.25) is 4.99 Å². The van der Waals surface area contributed by atoms with E-state index in [9.17, 15) is 0 Å². The van der Waals surface area contributed by atoms with Gasteiger partial charge in [-0.1, -0.05) is 6.07 Å². The Morgan fingerprint density at radius 2 is 1.87 bits per heavy atom. The van der Waals surface area contributed by atoms with E-state index in [0.717, 1.165) is 56.4 Å². The third-order valence-corrected chi connectivity index (χ3v) is 4.56. The summed E-state index contributed by atoms with van der Waals surface area (Å²) in [6, 6.07) is 6.14. The van der Waals surface area contributed by atoms with E-state index in [2.05, 4.69) is 48.7 Å². The molecule has 0 fully saturated rings. The summed E-state index contributed by atoms with van der Waals surface area (Å²) >= 11 is 0. The fraction of sp³-hybridized carbons (Fsp3) is 0.696. The number of aryl methyl sites for hydroxylation is 1. The van der Waals surface area contributed by atoms with E-state index < -0.39 is 0 Å². The highest BCUT2D eigenvalue weighted by molar-refractivity contribution is 14.0. The second kappa shape index (κ2) is 18.3. The van der Waals surface area contributed by atoms with Crippen molar-refractivity contribution in [2.24, 2.45) is 4.99 Å². The monoisotopic (exact) mass is 550 g/mol. The Labute approximate surface area is 206 Å². The maximum atomic E-state index is 5.84. The number of hydrogen-bond donors (Lipinski definition) is 2. The van der Waals surface area contributed by atoms with Crippen molar-refractivity contribution >= 4 is 29.9 Å². The molecule has 0 aromatic heterocycles. The molecule has 0 radical (unpaired) electrons. The SMILES string of the molecule is CCNC(=NCC(CCN(C)C)OCC)NCCCc1ccc(OC)c(OCC)c1.I. The number of hydrogen-bond acceptors (Lipinski definition) is 5. The molecule has 0 heterocycles. The maximum Gasteiger partial charge on any atom is 0.191 e. The number of nitrogens with one attached hydrogen (secondary N) is 2. The van der Waals surface area contributed by atoms with Crippen LogP contribution in [0.25, 0.3) is 0 Å². The molecule has 0 spiro atoms. The molecule has 0 saturated heterocycles. The zero-order valence-electron chi connectivity index (χ0n) is 20.2. The summed E-state index contributed by atoms with van der Waals surface area (Å²) in [5, 5.41) is 6.75. The largest absolute Gasteiger partial charge is 0.493 e. The lowest BCUT2D eigenvalue weighted by atomic mass is 10.1. The van der Waals surface area contributed by atoms with Gasteiger partial charge in [0.2, 0.25) is 0 Å². The molecular weight excluding hydrogens is 507 g/mol. The topological polar surface area (TPSA) is 67.4 Å². The van der Waals surface area contributed by atoms with Gasteiger partial charge in [0.25, 0.3) is 0 Å². The van der Waals surface area contributed by atoms with Crippen LogP contribution in [0.2, 0.25) is 0 Å². The normalized spacial score (nSPS) is 12.3. The molecule has 0 amide bonds. The van der Waals surface area contributed by atoms with Crippen molar-refractivity contribution in [1.29, 1.82) is 0 Å². The number of rotatable bonds is 15. The van der Waals surface area contributed by atoms with Crippen LogP contribution in [-0.4, -0.2) is 77.6 Å². The molecule has 7 nitrogen and oxygen atoms in total. The first-order valence-electron chi connectivity index (χ1n) is 11.1. The highest BCUT2D eigenvalue weighted by Crippen LogP contribution is 2.28. The molecule has 0 aliphatic carbocycles. The first-order valence-corrected chi connectivity index (χ1v) is 11.1. The number of guanidine groups is 1. The van der Waals surface area contributed by atoms with Gasteiger partial charge in [0.15, 0.2) is 17.5 Å². The van der Waals surface area contributed by atoms with Crippen molar-refractivity contribution in [2.45, 2.75) is 46.1 Å². The molecule has 0 bridgehead atoms. The van der Waals surface area contributed by atoms with E-state index in [0.29, 0.717) is 19.8 Å². The first-order chi connectivity index (χ1) is 14.5. The lowest BCUT2D eigenvalue weighted by Gasteiger charge is -2.19. The van der Waals surface area contributed by atoms with Gasteiger partial charge >= 0.3 is 0 Å². The van der Waals surface area contributed by atoms with Crippen molar-refractivity contribution in [3.05, 3.63) is 23.8 Å². The lowest BCUT2D eigenvalue weighted by molar-refractivity contribution is 0.0582. The van der Waals surface area contributed by atoms with E-state index in [1.165, 1.54) is 5.56 Å². The summed E-state index contributed by atoms with van der Waals surface area (Å²) in [5.41, 5.74) is 1.24. The number of halogens is 1. The van der Waals surface area contributed by atoms with Gasteiger partial charge in [0.05, 0.1) is 26.4 Å².